The molecule has 0 fully saturated rings. The van der Waals surface area contributed by atoms with Gasteiger partial charge in [-0.15, -0.1) is 0 Å². The number of hydrazone groups is 1. The lowest BCUT2D eigenvalue weighted by Gasteiger charge is -2.22. The van der Waals surface area contributed by atoms with Gasteiger partial charge in [-0.1, -0.05) is 30.3 Å². The van der Waals surface area contributed by atoms with Crippen molar-refractivity contribution in [2.75, 3.05) is 10.8 Å². The van der Waals surface area contributed by atoms with Crippen LogP contribution in [0.5, 0.6) is 0 Å². The van der Waals surface area contributed by atoms with Gasteiger partial charge in [-0.2, -0.15) is 5.10 Å². The summed E-state index contributed by atoms with van der Waals surface area (Å²) >= 11 is 0. The van der Waals surface area contributed by atoms with Crippen LogP contribution in [0.15, 0.2) is 89.3 Å². The molecule has 9 heteroatoms. The normalized spacial score (nSPS) is 11.3. The quantitative estimate of drug-likeness (QED) is 0.485. The second-order valence-electron chi connectivity index (χ2n) is 5.59. The van der Waals surface area contributed by atoms with Crippen molar-refractivity contribution in [2.24, 2.45) is 5.10 Å². The van der Waals surface area contributed by atoms with Gasteiger partial charge < -0.3 is 0 Å². The summed E-state index contributed by atoms with van der Waals surface area (Å²) in [6.07, 6.45) is 6.08. The summed E-state index contributed by atoms with van der Waals surface area (Å²) in [7, 11) is -3.98. The molecule has 8 nitrogen and oxygen atoms in total. The maximum Gasteiger partial charge on any atom is 0.265 e. The molecule has 0 atom stereocenters. The number of anilines is 1. The van der Waals surface area contributed by atoms with Crippen LogP contribution in [-0.2, 0) is 14.8 Å². The number of hydrogen-bond donors (Lipinski definition) is 1. The molecule has 2 aromatic heterocycles. The maximum absolute atomic E-state index is 13.0. The monoisotopic (exact) mass is 395 g/mol. The van der Waals surface area contributed by atoms with Crippen molar-refractivity contribution in [3.63, 3.8) is 0 Å². The highest BCUT2D eigenvalue weighted by atomic mass is 32.2. The third kappa shape index (κ3) is 4.77. The zero-order chi connectivity index (χ0) is 19.8. The number of carbonyl (C=O) groups is 1. The summed E-state index contributed by atoms with van der Waals surface area (Å²) in [5.41, 5.74) is 3.02. The van der Waals surface area contributed by atoms with Gasteiger partial charge in [0.2, 0.25) is 0 Å². The van der Waals surface area contributed by atoms with Gasteiger partial charge in [0.1, 0.15) is 12.4 Å². The minimum Gasteiger partial charge on any atom is -0.271 e. The van der Waals surface area contributed by atoms with E-state index in [1.165, 1.54) is 30.6 Å². The number of hydrogen-bond acceptors (Lipinski definition) is 6. The summed E-state index contributed by atoms with van der Waals surface area (Å²) in [5, 5.41) is 3.84. The van der Waals surface area contributed by atoms with Gasteiger partial charge in [0.15, 0.2) is 0 Å². The predicted molar refractivity (Wildman–Crippen MR) is 105 cm³/mol. The Hall–Kier alpha value is -3.59. The Kier molecular flexibility index (Phi) is 6.07. The number of aromatic nitrogens is 2. The summed E-state index contributed by atoms with van der Waals surface area (Å²) in [6, 6.07) is 16.2. The van der Waals surface area contributed by atoms with E-state index in [0.717, 1.165) is 4.31 Å². The third-order valence-electron chi connectivity index (χ3n) is 3.61. The Morgan fingerprint density at radius 3 is 2.50 bits per heavy atom. The molecular weight excluding hydrogens is 378 g/mol. The number of rotatable bonds is 7. The second kappa shape index (κ2) is 8.87. The van der Waals surface area contributed by atoms with Crippen molar-refractivity contribution in [1.29, 1.82) is 0 Å². The molecule has 0 radical (unpaired) electrons. The molecular formula is C19H17N5O3S. The first kappa shape index (κ1) is 19.2. The van der Waals surface area contributed by atoms with E-state index in [-0.39, 0.29) is 10.7 Å². The average Bonchev–Trinajstić information content (AvgIpc) is 2.74. The summed E-state index contributed by atoms with van der Waals surface area (Å²) in [6.45, 7) is -0.474. The number of nitrogens with one attached hydrogen (secondary N) is 1. The molecule has 0 aliphatic rings. The van der Waals surface area contributed by atoms with Gasteiger partial charge in [0.05, 0.1) is 11.1 Å². The van der Waals surface area contributed by atoms with E-state index in [9.17, 15) is 13.2 Å². The summed E-state index contributed by atoms with van der Waals surface area (Å²) in [5.74, 6) is -0.469. The number of pyridine rings is 2. The van der Waals surface area contributed by atoms with Crippen LogP contribution in [0.2, 0.25) is 0 Å². The third-order valence-corrected chi connectivity index (χ3v) is 5.37. The lowest BCUT2D eigenvalue weighted by molar-refractivity contribution is -0.119. The number of nitrogens with zero attached hydrogens (tertiary/aromatic N) is 4. The van der Waals surface area contributed by atoms with Gasteiger partial charge >= 0.3 is 0 Å². The fourth-order valence-corrected chi connectivity index (χ4v) is 3.70. The molecule has 1 amide bonds. The fraction of sp³-hybridized carbons (Fsp3) is 0.0526. The van der Waals surface area contributed by atoms with E-state index in [1.54, 1.807) is 54.9 Å². The summed E-state index contributed by atoms with van der Waals surface area (Å²) in [4.78, 5) is 20.4. The fourth-order valence-electron chi connectivity index (χ4n) is 2.31. The lowest BCUT2D eigenvalue weighted by atomic mass is 10.3. The van der Waals surface area contributed by atoms with Crippen LogP contribution in [-0.4, -0.2) is 37.1 Å². The van der Waals surface area contributed by atoms with E-state index in [1.807, 2.05) is 0 Å². The molecule has 3 rings (SSSR count). The number of sulfonamides is 1. The maximum atomic E-state index is 13.0. The number of carbonyl (C=O) groups excluding carboxylic acids is 1. The van der Waals surface area contributed by atoms with Crippen molar-refractivity contribution < 1.29 is 13.2 Å². The van der Waals surface area contributed by atoms with Gasteiger partial charge in [-0.05, 0) is 30.3 Å². The molecule has 28 heavy (non-hydrogen) atoms. The van der Waals surface area contributed by atoms with Crippen LogP contribution in [0.4, 0.5) is 5.82 Å². The summed E-state index contributed by atoms with van der Waals surface area (Å²) < 4.78 is 27.0. The molecule has 0 bridgehead atoms. The Labute approximate surface area is 162 Å². The van der Waals surface area contributed by atoms with Crippen LogP contribution in [0.25, 0.3) is 0 Å². The molecule has 1 N–H and O–H groups in total. The standard InChI is InChI=1S/C19H17N5O3S/c25-19(23-22-14-16-7-6-11-20-13-16)15-24(18-10-4-5-12-21-18)28(26,27)17-8-2-1-3-9-17/h1-14H,15H2,(H,23,25)/b22-14-. The van der Waals surface area contributed by atoms with Gasteiger partial charge in [-0.25, -0.2) is 23.1 Å². The smallest absolute Gasteiger partial charge is 0.265 e. The van der Waals surface area contributed by atoms with Gasteiger partial charge in [0, 0.05) is 24.2 Å². The second-order valence-corrected chi connectivity index (χ2v) is 7.45. The molecule has 0 saturated carbocycles. The highest BCUT2D eigenvalue weighted by molar-refractivity contribution is 7.92. The molecule has 2 heterocycles. The van der Waals surface area contributed by atoms with Crippen LogP contribution in [0, 0.1) is 0 Å². The van der Waals surface area contributed by atoms with Crippen molar-refractivity contribution >= 4 is 28.0 Å². The van der Waals surface area contributed by atoms with Gasteiger partial charge in [-0.3, -0.25) is 9.78 Å². The van der Waals surface area contributed by atoms with Crippen molar-refractivity contribution in [3.05, 3.63) is 84.8 Å². The Morgan fingerprint density at radius 2 is 1.82 bits per heavy atom. The molecule has 0 saturated heterocycles. The highest BCUT2D eigenvalue weighted by Crippen LogP contribution is 2.21. The van der Waals surface area contributed by atoms with Crippen LogP contribution >= 0.6 is 0 Å². The highest BCUT2D eigenvalue weighted by Gasteiger charge is 2.27. The molecule has 3 aromatic rings. The molecule has 0 aliphatic carbocycles. The molecule has 142 valence electrons. The van der Waals surface area contributed by atoms with Crippen LogP contribution in [0.1, 0.15) is 5.56 Å². The van der Waals surface area contributed by atoms with E-state index in [4.69, 9.17) is 0 Å². The SMILES string of the molecule is O=C(CN(c1ccccn1)S(=O)(=O)c1ccccc1)N/N=C\c1cccnc1. The lowest BCUT2D eigenvalue weighted by Crippen LogP contribution is -2.40. The van der Waals surface area contributed by atoms with Crippen molar-refractivity contribution in [1.82, 2.24) is 15.4 Å². The predicted octanol–water partition coefficient (Wildman–Crippen LogP) is 1.82. The zero-order valence-electron chi connectivity index (χ0n) is 14.7. The first-order valence-electron chi connectivity index (χ1n) is 8.28. The largest absolute Gasteiger partial charge is 0.271 e. The number of amides is 1. The Morgan fingerprint density at radius 1 is 1.04 bits per heavy atom. The first-order valence-corrected chi connectivity index (χ1v) is 9.72. The molecule has 1 aromatic carbocycles. The van der Waals surface area contributed by atoms with Crippen molar-refractivity contribution in [3.8, 4) is 0 Å². The van der Waals surface area contributed by atoms with E-state index in [2.05, 4.69) is 20.5 Å². The van der Waals surface area contributed by atoms with Gasteiger partial charge in [0.25, 0.3) is 15.9 Å². The zero-order valence-corrected chi connectivity index (χ0v) is 15.5. The van der Waals surface area contributed by atoms with E-state index >= 15 is 0 Å². The number of benzene rings is 1. The Balaban J connectivity index is 1.80. The van der Waals surface area contributed by atoms with Crippen molar-refractivity contribution in [2.45, 2.75) is 4.90 Å². The minimum atomic E-state index is -3.98. The Bertz CT molecular complexity index is 1040. The van der Waals surface area contributed by atoms with E-state index < -0.39 is 22.5 Å². The first-order chi connectivity index (χ1) is 13.6. The minimum absolute atomic E-state index is 0.0623. The molecule has 0 unspecified atom stereocenters. The average molecular weight is 395 g/mol. The van der Waals surface area contributed by atoms with E-state index in [0.29, 0.717) is 5.56 Å². The van der Waals surface area contributed by atoms with Crippen LogP contribution in [0.3, 0.4) is 0 Å². The topological polar surface area (TPSA) is 105 Å². The van der Waals surface area contributed by atoms with Crippen LogP contribution < -0.4 is 9.73 Å². The molecule has 0 aliphatic heterocycles. The molecule has 0 spiro atoms.